The van der Waals surface area contributed by atoms with E-state index in [1.807, 2.05) is 6.92 Å². The van der Waals surface area contributed by atoms with Crippen LogP contribution in [0, 0.1) is 15.9 Å². The molecule has 4 nitrogen and oxygen atoms in total. The second kappa shape index (κ2) is 5.09. The number of nitro benzene ring substituents is 1. The number of nitrogens with zero attached hydrogens (tertiary/aromatic N) is 1. The van der Waals surface area contributed by atoms with E-state index in [0.29, 0.717) is 0 Å². The minimum Gasteiger partial charge on any atom is -0.462 e. The number of ether oxygens (including phenoxy) is 1. The second-order valence-corrected chi connectivity index (χ2v) is 2.77. The average Bonchev–Trinajstić information content (AvgIpc) is 2.20. The van der Waals surface area contributed by atoms with Crippen LogP contribution in [0.4, 0.5) is 10.1 Å². The van der Waals surface area contributed by atoms with E-state index in [9.17, 15) is 14.5 Å². The van der Waals surface area contributed by atoms with E-state index in [1.165, 1.54) is 6.26 Å². The lowest BCUT2D eigenvalue weighted by Gasteiger charge is -2.01. The molecule has 0 saturated carbocycles. The molecule has 0 N–H and O–H groups in total. The lowest BCUT2D eigenvalue weighted by molar-refractivity contribution is -0.385. The zero-order valence-electron chi connectivity index (χ0n) is 8.14. The average molecular weight is 211 g/mol. The Morgan fingerprint density at radius 3 is 2.93 bits per heavy atom. The smallest absolute Gasteiger partial charge is 0.273 e. The van der Waals surface area contributed by atoms with E-state index in [1.54, 1.807) is 6.08 Å². The molecule has 15 heavy (non-hydrogen) atoms. The van der Waals surface area contributed by atoms with Gasteiger partial charge in [0.1, 0.15) is 0 Å². The van der Waals surface area contributed by atoms with E-state index < -0.39 is 10.7 Å². The van der Waals surface area contributed by atoms with Crippen molar-refractivity contribution in [1.82, 2.24) is 0 Å². The van der Waals surface area contributed by atoms with Crippen LogP contribution in [0.1, 0.15) is 13.3 Å². The van der Waals surface area contributed by atoms with Gasteiger partial charge in [-0.2, -0.15) is 0 Å². The molecule has 0 aliphatic carbocycles. The highest BCUT2D eigenvalue weighted by atomic mass is 19.1. The quantitative estimate of drug-likeness (QED) is 0.437. The Bertz CT molecular complexity index is 390. The zero-order chi connectivity index (χ0) is 11.3. The predicted octanol–water partition coefficient (Wildman–Crippen LogP) is 3.04. The predicted molar refractivity (Wildman–Crippen MR) is 53.1 cm³/mol. The molecule has 5 heteroatoms. The highest BCUT2D eigenvalue weighted by Crippen LogP contribution is 2.23. The molecule has 1 rings (SSSR count). The Hall–Kier alpha value is -1.91. The van der Waals surface area contributed by atoms with Crippen molar-refractivity contribution < 1.29 is 14.1 Å². The first-order chi connectivity index (χ1) is 7.15. The summed E-state index contributed by atoms with van der Waals surface area (Å²) in [4.78, 5) is 9.80. The van der Waals surface area contributed by atoms with Gasteiger partial charge in [0.15, 0.2) is 11.6 Å². The normalized spacial score (nSPS) is 10.5. The standard InChI is InChI=1S/C10H10FNO3/c1-2-3-6-15-10-7-8(12(13)14)4-5-9(10)11/h3-7H,2H2,1H3. The van der Waals surface area contributed by atoms with Crippen molar-refractivity contribution >= 4 is 5.69 Å². The molecular weight excluding hydrogens is 201 g/mol. The third-order valence-corrected chi connectivity index (χ3v) is 1.65. The Morgan fingerprint density at radius 2 is 2.33 bits per heavy atom. The minimum atomic E-state index is -0.624. The number of allylic oxidation sites excluding steroid dienone is 1. The molecule has 0 atom stereocenters. The topological polar surface area (TPSA) is 52.4 Å². The van der Waals surface area contributed by atoms with Crippen molar-refractivity contribution in [3.63, 3.8) is 0 Å². The molecule has 0 spiro atoms. The monoisotopic (exact) mass is 211 g/mol. The minimum absolute atomic E-state index is 0.145. The lowest BCUT2D eigenvalue weighted by atomic mass is 10.3. The fraction of sp³-hybridized carbons (Fsp3) is 0.200. The van der Waals surface area contributed by atoms with Crippen LogP contribution in [0.5, 0.6) is 5.75 Å². The Kier molecular flexibility index (Phi) is 3.79. The van der Waals surface area contributed by atoms with Crippen molar-refractivity contribution in [1.29, 1.82) is 0 Å². The maximum Gasteiger partial charge on any atom is 0.273 e. The summed E-state index contributed by atoms with van der Waals surface area (Å²) in [6, 6.07) is 3.15. The molecule has 0 unspecified atom stereocenters. The first kappa shape index (κ1) is 11.2. The van der Waals surface area contributed by atoms with Gasteiger partial charge in [-0.1, -0.05) is 6.92 Å². The van der Waals surface area contributed by atoms with E-state index in [2.05, 4.69) is 0 Å². The van der Waals surface area contributed by atoms with Gasteiger partial charge >= 0.3 is 0 Å². The van der Waals surface area contributed by atoms with E-state index in [-0.39, 0.29) is 11.4 Å². The summed E-state index contributed by atoms with van der Waals surface area (Å²) in [5.74, 6) is -0.768. The van der Waals surface area contributed by atoms with Crippen LogP contribution in [0.15, 0.2) is 30.5 Å². The molecule has 0 bridgehead atoms. The van der Waals surface area contributed by atoms with Gasteiger partial charge in [0.25, 0.3) is 5.69 Å². The number of halogens is 1. The molecule has 0 saturated heterocycles. The number of benzene rings is 1. The van der Waals surface area contributed by atoms with E-state index in [4.69, 9.17) is 4.74 Å². The number of rotatable bonds is 4. The van der Waals surface area contributed by atoms with Crippen LogP contribution in [-0.4, -0.2) is 4.92 Å². The van der Waals surface area contributed by atoms with E-state index in [0.717, 1.165) is 24.6 Å². The van der Waals surface area contributed by atoms with Gasteiger partial charge in [0.2, 0.25) is 0 Å². The Balaban J connectivity index is 2.90. The molecule has 0 heterocycles. The van der Waals surface area contributed by atoms with Gasteiger partial charge in [0.05, 0.1) is 17.3 Å². The molecule has 0 aliphatic rings. The number of non-ortho nitro benzene ring substituents is 1. The van der Waals surface area contributed by atoms with Crippen LogP contribution in [0.3, 0.4) is 0 Å². The van der Waals surface area contributed by atoms with Crippen molar-refractivity contribution in [3.05, 3.63) is 46.5 Å². The molecule has 0 fully saturated rings. The van der Waals surface area contributed by atoms with E-state index >= 15 is 0 Å². The summed E-state index contributed by atoms with van der Waals surface area (Å²) in [6.45, 7) is 1.89. The third kappa shape index (κ3) is 3.05. The molecule has 0 radical (unpaired) electrons. The van der Waals surface area contributed by atoms with Crippen LogP contribution < -0.4 is 4.74 Å². The van der Waals surface area contributed by atoms with Crippen LogP contribution in [0.2, 0.25) is 0 Å². The number of hydrogen-bond acceptors (Lipinski definition) is 3. The largest absolute Gasteiger partial charge is 0.462 e. The summed E-state index contributed by atoms with van der Waals surface area (Å²) < 4.78 is 18.0. The van der Waals surface area contributed by atoms with Crippen LogP contribution in [-0.2, 0) is 0 Å². The summed E-state index contributed by atoms with van der Waals surface area (Å²) in [7, 11) is 0. The lowest BCUT2D eigenvalue weighted by Crippen LogP contribution is -1.92. The second-order valence-electron chi connectivity index (χ2n) is 2.77. The molecular formula is C10H10FNO3. The van der Waals surface area contributed by atoms with Crippen molar-refractivity contribution in [2.45, 2.75) is 13.3 Å². The van der Waals surface area contributed by atoms with Gasteiger partial charge in [-0.3, -0.25) is 10.1 Å². The zero-order valence-corrected chi connectivity index (χ0v) is 8.14. The molecule has 0 aromatic heterocycles. The number of hydrogen-bond donors (Lipinski definition) is 0. The first-order valence-electron chi connectivity index (χ1n) is 4.40. The van der Waals surface area contributed by atoms with Crippen LogP contribution >= 0.6 is 0 Å². The van der Waals surface area contributed by atoms with Gasteiger partial charge in [-0.05, 0) is 18.6 Å². The summed E-state index contributed by atoms with van der Waals surface area (Å²) >= 11 is 0. The SMILES string of the molecule is CCC=COc1cc([N+](=O)[O-])ccc1F. The van der Waals surface area contributed by atoms with Gasteiger partial charge in [-0.25, -0.2) is 4.39 Å². The molecule has 0 aliphatic heterocycles. The van der Waals surface area contributed by atoms with Crippen molar-refractivity contribution in [2.75, 3.05) is 0 Å². The molecule has 80 valence electrons. The maximum atomic E-state index is 13.1. The Morgan fingerprint density at radius 1 is 1.60 bits per heavy atom. The fourth-order valence-electron chi connectivity index (χ4n) is 0.914. The Labute approximate surface area is 86.1 Å². The maximum absolute atomic E-state index is 13.1. The number of nitro groups is 1. The molecule has 0 amide bonds. The summed E-state index contributed by atoms with van der Waals surface area (Å²) in [6.07, 6.45) is 3.73. The highest BCUT2D eigenvalue weighted by Gasteiger charge is 2.10. The highest BCUT2D eigenvalue weighted by molar-refractivity contribution is 5.39. The van der Waals surface area contributed by atoms with Crippen molar-refractivity contribution in [2.24, 2.45) is 0 Å². The van der Waals surface area contributed by atoms with Gasteiger partial charge in [-0.15, -0.1) is 0 Å². The van der Waals surface area contributed by atoms with Crippen LogP contribution in [0.25, 0.3) is 0 Å². The third-order valence-electron chi connectivity index (χ3n) is 1.65. The van der Waals surface area contributed by atoms with Gasteiger partial charge < -0.3 is 4.74 Å². The fourth-order valence-corrected chi connectivity index (χ4v) is 0.914. The first-order valence-corrected chi connectivity index (χ1v) is 4.40. The molecule has 1 aromatic carbocycles. The van der Waals surface area contributed by atoms with Gasteiger partial charge in [0, 0.05) is 6.07 Å². The summed E-state index contributed by atoms with van der Waals surface area (Å²) in [5, 5.41) is 10.4. The van der Waals surface area contributed by atoms with Crippen molar-refractivity contribution in [3.8, 4) is 5.75 Å². The summed E-state index contributed by atoms with van der Waals surface area (Å²) in [5.41, 5.74) is -0.198. The molecule has 1 aromatic rings.